The molecular formula is C7H16CaO. The van der Waals surface area contributed by atoms with Gasteiger partial charge in [0.2, 0.25) is 0 Å². The maximum absolute atomic E-state index is 8.69. The van der Waals surface area contributed by atoms with E-state index in [4.69, 9.17) is 5.11 Å². The molecule has 0 bridgehead atoms. The Morgan fingerprint density at radius 3 is 2.11 bits per heavy atom. The summed E-state index contributed by atoms with van der Waals surface area (Å²) in [5, 5.41) is 8.69. The number of rotatable bonds is 1. The van der Waals surface area contributed by atoms with Crippen LogP contribution in [-0.2, 0) is 0 Å². The van der Waals surface area contributed by atoms with Crippen LogP contribution in [0.1, 0.15) is 35.0 Å². The molecule has 2 heteroatoms. The van der Waals surface area contributed by atoms with Crippen LogP contribution in [0.3, 0.4) is 0 Å². The van der Waals surface area contributed by atoms with Gasteiger partial charge in [0.15, 0.2) is 0 Å². The third-order valence-corrected chi connectivity index (χ3v) is 1.98. The van der Waals surface area contributed by atoms with Crippen molar-refractivity contribution in [1.82, 2.24) is 0 Å². The molecule has 0 amide bonds. The average molecular weight is 156 g/mol. The van der Waals surface area contributed by atoms with Crippen LogP contribution in [0, 0.1) is 5.92 Å². The minimum Gasteiger partial charge on any atom is -1.00 e. The molecule has 0 atom stereocenters. The minimum absolute atomic E-state index is 0. The summed E-state index contributed by atoms with van der Waals surface area (Å²) >= 11 is 0. The van der Waals surface area contributed by atoms with Gasteiger partial charge in [-0.15, -0.1) is 0 Å². The maximum Gasteiger partial charge on any atom is 2.00 e. The van der Waals surface area contributed by atoms with Gasteiger partial charge in [0.25, 0.3) is 0 Å². The normalized spacial score (nSPS) is 21.0. The first-order valence-electron chi connectivity index (χ1n) is 3.54. The molecule has 1 nitrogen and oxygen atoms in total. The molecule has 0 heterocycles. The summed E-state index contributed by atoms with van der Waals surface area (Å²) in [6, 6.07) is 0. The molecule has 0 radical (unpaired) electrons. The molecule has 1 N–H and O–H groups in total. The molecule has 1 fully saturated rings. The van der Waals surface area contributed by atoms with E-state index in [0.717, 1.165) is 0 Å². The van der Waals surface area contributed by atoms with Gasteiger partial charge in [-0.2, -0.15) is 0 Å². The summed E-state index contributed by atoms with van der Waals surface area (Å²) in [6.07, 6.45) is 6.58. The third kappa shape index (κ3) is 3.82. The van der Waals surface area contributed by atoms with Gasteiger partial charge in [0.1, 0.15) is 0 Å². The molecule has 0 aromatic rings. The fraction of sp³-hybridized carbons (Fsp3) is 1.00. The zero-order valence-electron chi connectivity index (χ0n) is 7.97. The van der Waals surface area contributed by atoms with Crippen molar-refractivity contribution >= 4 is 37.7 Å². The van der Waals surface area contributed by atoms with Gasteiger partial charge < -0.3 is 7.96 Å². The van der Waals surface area contributed by atoms with Crippen molar-refractivity contribution < 1.29 is 7.96 Å². The molecule has 52 valence electrons. The van der Waals surface area contributed by atoms with E-state index in [9.17, 15) is 0 Å². The van der Waals surface area contributed by atoms with Crippen LogP contribution in [0.4, 0.5) is 0 Å². The number of hydrogen-bond acceptors (Lipinski definition) is 1. The quantitative estimate of drug-likeness (QED) is 0.569. The van der Waals surface area contributed by atoms with Gasteiger partial charge in [-0.1, -0.05) is 19.3 Å². The Bertz CT molecular complexity index is 67.5. The second-order valence-electron chi connectivity index (χ2n) is 2.69. The zero-order chi connectivity index (χ0) is 5.82. The SMILES string of the molecule is OCC1CCCCC1.[Ca+2].[H-].[H-]. The molecule has 0 saturated heterocycles. The Morgan fingerprint density at radius 1 is 1.22 bits per heavy atom. The van der Waals surface area contributed by atoms with Crippen molar-refractivity contribution in [3.05, 3.63) is 0 Å². The Morgan fingerprint density at radius 2 is 1.78 bits per heavy atom. The molecule has 0 aromatic heterocycles. The fourth-order valence-corrected chi connectivity index (χ4v) is 1.37. The molecule has 1 aliphatic carbocycles. The summed E-state index contributed by atoms with van der Waals surface area (Å²) in [6.45, 7) is 0.417. The molecule has 0 aromatic carbocycles. The topological polar surface area (TPSA) is 20.2 Å². The van der Waals surface area contributed by atoms with E-state index in [1.165, 1.54) is 32.1 Å². The van der Waals surface area contributed by atoms with Crippen molar-refractivity contribution in [2.24, 2.45) is 5.92 Å². The summed E-state index contributed by atoms with van der Waals surface area (Å²) in [7, 11) is 0. The molecule has 0 unspecified atom stereocenters. The van der Waals surface area contributed by atoms with E-state index >= 15 is 0 Å². The van der Waals surface area contributed by atoms with E-state index in [1.54, 1.807) is 0 Å². The van der Waals surface area contributed by atoms with Gasteiger partial charge in [-0.25, -0.2) is 0 Å². The van der Waals surface area contributed by atoms with E-state index in [1.807, 2.05) is 0 Å². The van der Waals surface area contributed by atoms with Gasteiger partial charge in [0.05, 0.1) is 0 Å². The Labute approximate surface area is 89.8 Å². The van der Waals surface area contributed by atoms with E-state index in [-0.39, 0.29) is 40.6 Å². The summed E-state index contributed by atoms with van der Waals surface area (Å²) in [5.74, 6) is 0.642. The number of aliphatic hydroxyl groups is 1. The van der Waals surface area contributed by atoms with E-state index in [0.29, 0.717) is 12.5 Å². The fourth-order valence-electron chi connectivity index (χ4n) is 1.37. The average Bonchev–Trinajstić information content (AvgIpc) is 1.90. The second kappa shape index (κ2) is 5.96. The smallest absolute Gasteiger partial charge is 1.00 e. The van der Waals surface area contributed by atoms with Crippen molar-refractivity contribution in [3.63, 3.8) is 0 Å². The van der Waals surface area contributed by atoms with Gasteiger partial charge in [-0.3, -0.25) is 0 Å². The van der Waals surface area contributed by atoms with Crippen LogP contribution in [0.5, 0.6) is 0 Å². The van der Waals surface area contributed by atoms with Crippen LogP contribution in [-0.4, -0.2) is 49.5 Å². The minimum atomic E-state index is 0. The van der Waals surface area contributed by atoms with Crippen molar-refractivity contribution in [2.75, 3.05) is 6.61 Å². The Hall–Kier alpha value is 1.22. The predicted molar refractivity (Wildman–Crippen MR) is 41.6 cm³/mol. The van der Waals surface area contributed by atoms with Crippen LogP contribution in [0.25, 0.3) is 0 Å². The molecule has 1 rings (SSSR count). The van der Waals surface area contributed by atoms with Crippen molar-refractivity contribution in [2.45, 2.75) is 32.1 Å². The van der Waals surface area contributed by atoms with Gasteiger partial charge in [-0.05, 0) is 18.8 Å². The Balaban J connectivity index is -0.000000213. The summed E-state index contributed by atoms with van der Waals surface area (Å²) in [4.78, 5) is 0. The third-order valence-electron chi connectivity index (χ3n) is 1.98. The van der Waals surface area contributed by atoms with E-state index in [2.05, 4.69) is 0 Å². The monoisotopic (exact) mass is 156 g/mol. The molecule has 0 aliphatic heterocycles. The van der Waals surface area contributed by atoms with Crippen LogP contribution in [0.2, 0.25) is 0 Å². The molecule has 9 heavy (non-hydrogen) atoms. The largest absolute Gasteiger partial charge is 2.00 e. The number of aliphatic hydroxyl groups excluding tert-OH is 1. The molecular weight excluding hydrogens is 140 g/mol. The van der Waals surface area contributed by atoms with Crippen LogP contribution in [0.15, 0.2) is 0 Å². The Kier molecular flexibility index (Phi) is 6.77. The van der Waals surface area contributed by atoms with E-state index < -0.39 is 0 Å². The van der Waals surface area contributed by atoms with Gasteiger partial charge in [0, 0.05) is 6.61 Å². The second-order valence-corrected chi connectivity index (χ2v) is 2.69. The summed E-state index contributed by atoms with van der Waals surface area (Å²) < 4.78 is 0. The molecule has 1 saturated carbocycles. The van der Waals surface area contributed by atoms with Crippen LogP contribution >= 0.6 is 0 Å². The maximum atomic E-state index is 8.69. The first kappa shape index (κ1) is 10.2. The first-order chi connectivity index (χ1) is 3.93. The zero-order valence-corrected chi connectivity index (χ0v) is 8.18. The predicted octanol–water partition coefficient (Wildman–Crippen LogP) is 1.40. The summed E-state index contributed by atoms with van der Waals surface area (Å²) in [5.41, 5.74) is 0. The first-order valence-corrected chi connectivity index (χ1v) is 3.54. The molecule has 1 aliphatic rings. The van der Waals surface area contributed by atoms with Crippen LogP contribution < -0.4 is 0 Å². The van der Waals surface area contributed by atoms with Gasteiger partial charge >= 0.3 is 37.7 Å². The molecule has 0 spiro atoms. The van der Waals surface area contributed by atoms with Crippen molar-refractivity contribution in [1.29, 1.82) is 0 Å². The van der Waals surface area contributed by atoms with Crippen molar-refractivity contribution in [3.8, 4) is 0 Å². The standard InChI is InChI=1S/C7H14O.Ca.2H/c8-6-7-4-2-1-3-5-7;;;/h7-8H,1-6H2;;;/q;+2;2*-1. The number of hydrogen-bond donors (Lipinski definition) is 1.